The Kier molecular flexibility index (Phi) is 2.05. The zero-order valence-electron chi connectivity index (χ0n) is 7.84. The van der Waals surface area contributed by atoms with E-state index in [0.29, 0.717) is 5.71 Å². The maximum absolute atomic E-state index is 11.7. The highest BCUT2D eigenvalue weighted by Gasteiger charge is 2.30. The number of Topliss-reactive ketones (excluding diaryl/α,β-unsaturated/α-hetero) is 1. The van der Waals surface area contributed by atoms with Crippen molar-refractivity contribution < 1.29 is 4.79 Å². The molecule has 1 aromatic rings. The summed E-state index contributed by atoms with van der Waals surface area (Å²) in [5.74, 6) is 5.49. The molecule has 0 aromatic heterocycles. The van der Waals surface area contributed by atoms with Crippen LogP contribution in [-0.2, 0) is 4.79 Å². The third-order valence-corrected chi connectivity index (χ3v) is 2.27. The number of carbonyl (C=O) groups excluding carboxylic acids is 1. The van der Waals surface area contributed by atoms with E-state index in [0.717, 1.165) is 5.56 Å². The highest BCUT2D eigenvalue weighted by molar-refractivity contribution is 6.48. The Balaban J connectivity index is 2.38. The molecule has 4 nitrogen and oxygen atoms in total. The Morgan fingerprint density at radius 2 is 2.00 bits per heavy atom. The Bertz CT molecular complexity index is 386. The molecule has 1 aromatic carbocycles. The molecule has 1 aliphatic heterocycles. The van der Waals surface area contributed by atoms with Crippen LogP contribution < -0.4 is 5.84 Å². The molecule has 0 fully saturated rings. The van der Waals surface area contributed by atoms with Gasteiger partial charge < -0.3 is 0 Å². The van der Waals surface area contributed by atoms with Gasteiger partial charge in [-0.05, 0) is 6.92 Å². The van der Waals surface area contributed by atoms with Crippen LogP contribution in [0.15, 0.2) is 35.4 Å². The van der Waals surface area contributed by atoms with Crippen molar-refractivity contribution >= 4 is 11.5 Å². The van der Waals surface area contributed by atoms with E-state index in [1.165, 1.54) is 5.12 Å². The molecule has 2 rings (SSSR count). The molecule has 1 heterocycles. The monoisotopic (exact) mass is 189 g/mol. The average molecular weight is 189 g/mol. The Morgan fingerprint density at radius 3 is 2.50 bits per heavy atom. The van der Waals surface area contributed by atoms with Gasteiger partial charge in [0, 0.05) is 5.56 Å². The molecule has 1 unspecified atom stereocenters. The first kappa shape index (κ1) is 8.90. The SMILES string of the molecule is CC1C(=O)C(c2ccccc2)=NN1N. The molecule has 0 saturated carbocycles. The molecule has 1 aliphatic rings. The lowest BCUT2D eigenvalue weighted by molar-refractivity contribution is -0.115. The lowest BCUT2D eigenvalue weighted by Crippen LogP contribution is -2.35. The normalized spacial score (nSPS) is 21.3. The summed E-state index contributed by atoms with van der Waals surface area (Å²) in [4.78, 5) is 11.7. The zero-order valence-corrected chi connectivity index (χ0v) is 7.84. The minimum absolute atomic E-state index is 0.0290. The molecule has 14 heavy (non-hydrogen) atoms. The van der Waals surface area contributed by atoms with E-state index >= 15 is 0 Å². The van der Waals surface area contributed by atoms with Gasteiger partial charge in [-0.25, -0.2) is 11.0 Å². The van der Waals surface area contributed by atoms with E-state index in [1.807, 2.05) is 30.3 Å². The van der Waals surface area contributed by atoms with Crippen molar-refractivity contribution in [2.45, 2.75) is 13.0 Å². The first-order valence-corrected chi connectivity index (χ1v) is 4.42. The van der Waals surface area contributed by atoms with E-state index < -0.39 is 0 Å². The molecule has 0 aliphatic carbocycles. The van der Waals surface area contributed by atoms with Gasteiger partial charge in [-0.2, -0.15) is 5.10 Å². The predicted octanol–water partition coefficient (Wildman–Crippen LogP) is 0.538. The Labute approximate surface area is 82.0 Å². The molecular weight excluding hydrogens is 178 g/mol. The summed E-state index contributed by atoms with van der Waals surface area (Å²) in [5, 5.41) is 5.20. The van der Waals surface area contributed by atoms with Gasteiger partial charge in [0.2, 0.25) is 5.78 Å². The van der Waals surface area contributed by atoms with E-state index in [9.17, 15) is 4.79 Å². The van der Waals surface area contributed by atoms with Gasteiger partial charge >= 0.3 is 0 Å². The van der Waals surface area contributed by atoms with Crippen LogP contribution in [0.5, 0.6) is 0 Å². The van der Waals surface area contributed by atoms with Gasteiger partial charge in [0.05, 0.1) is 0 Å². The number of benzene rings is 1. The topological polar surface area (TPSA) is 58.7 Å². The number of rotatable bonds is 1. The van der Waals surface area contributed by atoms with Crippen LogP contribution in [0.25, 0.3) is 0 Å². The standard InChI is InChI=1S/C10H11N3O/c1-7-10(14)9(12-13(7)11)8-5-3-2-4-6-8/h2-7H,11H2,1H3. The first-order chi connectivity index (χ1) is 6.70. The van der Waals surface area contributed by atoms with Crippen LogP contribution in [-0.4, -0.2) is 22.7 Å². The number of carbonyl (C=O) groups is 1. The van der Waals surface area contributed by atoms with Crippen LogP contribution in [0.1, 0.15) is 12.5 Å². The molecule has 4 heteroatoms. The van der Waals surface area contributed by atoms with Crippen molar-refractivity contribution in [1.29, 1.82) is 0 Å². The minimum atomic E-state index is -0.356. The fourth-order valence-corrected chi connectivity index (χ4v) is 1.37. The van der Waals surface area contributed by atoms with Gasteiger partial charge in [-0.15, -0.1) is 0 Å². The molecule has 0 radical (unpaired) electrons. The molecule has 72 valence electrons. The van der Waals surface area contributed by atoms with Gasteiger partial charge in [0.25, 0.3) is 0 Å². The van der Waals surface area contributed by atoms with Gasteiger partial charge in [-0.1, -0.05) is 30.3 Å². The van der Waals surface area contributed by atoms with Crippen molar-refractivity contribution in [3.8, 4) is 0 Å². The highest BCUT2D eigenvalue weighted by Crippen LogP contribution is 2.13. The number of hydrogen-bond acceptors (Lipinski definition) is 4. The Morgan fingerprint density at radius 1 is 1.36 bits per heavy atom. The fraction of sp³-hybridized carbons (Fsp3) is 0.200. The fourth-order valence-electron chi connectivity index (χ4n) is 1.37. The maximum Gasteiger partial charge on any atom is 0.209 e. The van der Waals surface area contributed by atoms with Crippen molar-refractivity contribution in [3.63, 3.8) is 0 Å². The number of hydrazone groups is 1. The summed E-state index contributed by atoms with van der Waals surface area (Å²) < 4.78 is 0. The smallest absolute Gasteiger partial charge is 0.209 e. The van der Waals surface area contributed by atoms with Crippen LogP contribution in [0.3, 0.4) is 0 Å². The highest BCUT2D eigenvalue weighted by atomic mass is 16.1. The van der Waals surface area contributed by atoms with Crippen LogP contribution in [0.2, 0.25) is 0 Å². The van der Waals surface area contributed by atoms with Gasteiger partial charge in [0.1, 0.15) is 11.8 Å². The van der Waals surface area contributed by atoms with Crippen molar-refractivity contribution in [1.82, 2.24) is 5.12 Å². The van der Waals surface area contributed by atoms with Crippen molar-refractivity contribution in [2.75, 3.05) is 0 Å². The number of ketones is 1. The van der Waals surface area contributed by atoms with E-state index in [1.54, 1.807) is 6.92 Å². The summed E-state index contributed by atoms with van der Waals surface area (Å²) in [6, 6.07) is 8.98. The summed E-state index contributed by atoms with van der Waals surface area (Å²) >= 11 is 0. The molecule has 2 N–H and O–H groups in total. The molecule has 0 amide bonds. The van der Waals surface area contributed by atoms with E-state index in [2.05, 4.69) is 5.10 Å². The zero-order chi connectivity index (χ0) is 10.1. The second kappa shape index (κ2) is 3.23. The maximum atomic E-state index is 11.7. The van der Waals surface area contributed by atoms with Crippen LogP contribution >= 0.6 is 0 Å². The van der Waals surface area contributed by atoms with Gasteiger partial charge in [-0.3, -0.25) is 4.79 Å². The Hall–Kier alpha value is -1.68. The molecule has 0 bridgehead atoms. The van der Waals surface area contributed by atoms with E-state index in [4.69, 9.17) is 5.84 Å². The van der Waals surface area contributed by atoms with Crippen molar-refractivity contribution in [3.05, 3.63) is 35.9 Å². The number of hydrogen-bond donors (Lipinski definition) is 1. The lowest BCUT2D eigenvalue weighted by Gasteiger charge is -2.09. The number of nitrogens with two attached hydrogens (primary N) is 1. The summed E-state index contributed by atoms with van der Waals surface area (Å²) in [6.45, 7) is 1.74. The molecule has 0 spiro atoms. The largest absolute Gasteiger partial charge is 0.290 e. The summed E-state index contributed by atoms with van der Waals surface area (Å²) in [5.41, 5.74) is 1.26. The summed E-state index contributed by atoms with van der Waals surface area (Å²) in [6.07, 6.45) is 0. The minimum Gasteiger partial charge on any atom is -0.290 e. The second-order valence-electron chi connectivity index (χ2n) is 3.23. The number of hydrazine groups is 1. The average Bonchev–Trinajstić information content (AvgIpc) is 2.47. The quantitative estimate of drug-likeness (QED) is 0.656. The van der Waals surface area contributed by atoms with Gasteiger partial charge in [0.15, 0.2) is 0 Å². The second-order valence-corrected chi connectivity index (χ2v) is 3.23. The first-order valence-electron chi connectivity index (χ1n) is 4.42. The lowest BCUT2D eigenvalue weighted by atomic mass is 10.0. The third-order valence-electron chi connectivity index (χ3n) is 2.27. The van der Waals surface area contributed by atoms with Crippen molar-refractivity contribution in [2.24, 2.45) is 10.9 Å². The third kappa shape index (κ3) is 1.29. The molecule has 0 saturated heterocycles. The molecular formula is C10H11N3O. The van der Waals surface area contributed by atoms with Crippen LogP contribution in [0, 0.1) is 0 Å². The molecule has 1 atom stereocenters. The predicted molar refractivity (Wildman–Crippen MR) is 53.5 cm³/mol. The van der Waals surface area contributed by atoms with E-state index in [-0.39, 0.29) is 11.8 Å². The van der Waals surface area contributed by atoms with Crippen LogP contribution in [0.4, 0.5) is 0 Å². The number of nitrogens with zero attached hydrogens (tertiary/aromatic N) is 2. The summed E-state index contributed by atoms with van der Waals surface area (Å²) in [7, 11) is 0.